The topological polar surface area (TPSA) is 0 Å². The Kier molecular flexibility index (Phi) is 2.62. The lowest BCUT2D eigenvalue weighted by Gasteiger charge is -2.58. The van der Waals surface area contributed by atoms with E-state index in [9.17, 15) is 0 Å². The molecule has 204 valence electrons. The molecule has 0 spiro atoms. The summed E-state index contributed by atoms with van der Waals surface area (Å²) in [6.07, 6.45) is 17.7. The van der Waals surface area contributed by atoms with Crippen molar-refractivity contribution in [3.63, 3.8) is 0 Å². The molecule has 0 heteroatoms. The summed E-state index contributed by atoms with van der Waals surface area (Å²) in [4.78, 5) is 0. The van der Waals surface area contributed by atoms with Gasteiger partial charge in [-0.25, -0.2) is 0 Å². The molecule has 0 amide bonds. The van der Waals surface area contributed by atoms with E-state index in [1.54, 1.807) is 36.0 Å². The molecule has 3 saturated carbocycles. The number of benzene rings is 1. The van der Waals surface area contributed by atoms with Gasteiger partial charge in [0.05, 0.1) is 0 Å². The molecule has 0 heterocycles. The first-order valence-electron chi connectivity index (χ1n) is 18.5. The van der Waals surface area contributed by atoms with Gasteiger partial charge in [-0.2, -0.15) is 0 Å². The summed E-state index contributed by atoms with van der Waals surface area (Å²) in [5.41, 5.74) is 33.7. The maximum atomic E-state index is 4.29. The summed E-state index contributed by atoms with van der Waals surface area (Å²) in [6.45, 7) is 0. The molecule has 0 saturated heterocycles. The molecular weight excluding hydrogens is 504 g/mol. The predicted molar refractivity (Wildman–Crippen MR) is 161 cm³/mol. The van der Waals surface area contributed by atoms with Crippen LogP contribution in [-0.4, -0.2) is 0 Å². The highest BCUT2D eigenvalue weighted by Crippen LogP contribution is 2.83. The second-order valence-electron chi connectivity index (χ2n) is 18.4. The molecule has 0 N–H and O–H groups in total. The fraction of sp³-hybridized carbons (Fsp3) is 0.595. The summed E-state index contributed by atoms with van der Waals surface area (Å²) in [5, 5.41) is 0. The molecule has 1 aromatic carbocycles. The molecule has 16 rings (SSSR count). The largest absolute Gasteiger partial charge is 0.117 e. The van der Waals surface area contributed by atoms with Crippen molar-refractivity contribution in [1.29, 1.82) is 0 Å². The summed E-state index contributed by atoms with van der Waals surface area (Å²) in [5.74, 6) is 13.1. The molecule has 0 aliphatic heterocycles. The molecule has 15 atom stereocenters. The Labute approximate surface area is 247 Å². The van der Waals surface area contributed by atoms with Crippen LogP contribution in [0.1, 0.15) is 127 Å². The standard InChI is InChI=1S/C42H36/c1-3-15-6-17-8-19-10-21-12-22-11-20-9-18-7-16-4-2-14-5-13(1)23-25(15)34-27(17)29(19)36-31(21)32(22)37-30(20)28(18)35-26(16)24(14)33(23)38-39(34)41(36)42(37)40(35)38/h9,13-15,17,19,21-22,24,26-29,35-36,41H,1-6,8,10-12H2. The minimum Gasteiger partial charge on any atom is -0.117 e. The van der Waals surface area contributed by atoms with E-state index in [-0.39, 0.29) is 0 Å². The van der Waals surface area contributed by atoms with Crippen LogP contribution in [0.15, 0.2) is 56.4 Å². The van der Waals surface area contributed by atoms with Crippen LogP contribution in [0.3, 0.4) is 0 Å². The molecule has 15 unspecified atom stereocenters. The number of hydrogen-bond donors (Lipinski definition) is 0. The van der Waals surface area contributed by atoms with Crippen LogP contribution in [0.25, 0.3) is 5.57 Å². The number of rotatable bonds is 0. The van der Waals surface area contributed by atoms with Gasteiger partial charge >= 0.3 is 0 Å². The molecular formula is C42H36. The quantitative estimate of drug-likeness (QED) is 0.288. The molecule has 1 aromatic rings. The van der Waals surface area contributed by atoms with E-state index < -0.39 is 0 Å². The average molecular weight is 541 g/mol. The van der Waals surface area contributed by atoms with Crippen molar-refractivity contribution >= 4 is 5.57 Å². The van der Waals surface area contributed by atoms with Gasteiger partial charge in [0.2, 0.25) is 0 Å². The number of allylic oxidation sites excluding steroid dienone is 9. The summed E-state index contributed by atoms with van der Waals surface area (Å²) in [6, 6.07) is 0. The van der Waals surface area contributed by atoms with Gasteiger partial charge in [-0.05, 0) is 208 Å². The average Bonchev–Trinajstić information content (AvgIpc) is 3.76. The van der Waals surface area contributed by atoms with Crippen molar-refractivity contribution in [2.45, 2.75) is 93.8 Å². The molecule has 42 heavy (non-hydrogen) atoms. The van der Waals surface area contributed by atoms with Crippen LogP contribution in [0.5, 0.6) is 0 Å². The third-order valence-electron chi connectivity index (χ3n) is 18.0. The van der Waals surface area contributed by atoms with Crippen LogP contribution < -0.4 is 0 Å². The van der Waals surface area contributed by atoms with E-state index in [0.29, 0.717) is 5.92 Å². The summed E-state index contributed by atoms with van der Waals surface area (Å²) >= 11 is 0. The first-order chi connectivity index (χ1) is 20.8. The van der Waals surface area contributed by atoms with Crippen molar-refractivity contribution in [1.82, 2.24) is 0 Å². The van der Waals surface area contributed by atoms with Gasteiger partial charge in [0.25, 0.3) is 0 Å². The minimum atomic E-state index is 0.660. The Hall–Kier alpha value is -2.30. The van der Waals surface area contributed by atoms with Gasteiger partial charge < -0.3 is 0 Å². The van der Waals surface area contributed by atoms with E-state index in [0.717, 1.165) is 82.9 Å². The Morgan fingerprint density at radius 3 is 2.40 bits per heavy atom. The lowest BCUT2D eigenvalue weighted by Crippen LogP contribution is -2.47. The lowest BCUT2D eigenvalue weighted by atomic mass is 9.45. The van der Waals surface area contributed by atoms with Crippen LogP contribution >= 0.6 is 0 Å². The van der Waals surface area contributed by atoms with Crippen LogP contribution in [0.2, 0.25) is 0 Å². The highest BCUT2D eigenvalue weighted by molar-refractivity contribution is 5.97. The van der Waals surface area contributed by atoms with E-state index in [1.165, 1.54) is 44.9 Å². The Morgan fingerprint density at radius 2 is 1.45 bits per heavy atom. The zero-order valence-electron chi connectivity index (χ0n) is 24.3. The van der Waals surface area contributed by atoms with Gasteiger partial charge in [-0.3, -0.25) is 0 Å². The minimum absolute atomic E-state index is 0.660. The van der Waals surface area contributed by atoms with E-state index in [1.807, 2.05) is 55.7 Å². The van der Waals surface area contributed by atoms with Crippen LogP contribution in [0.4, 0.5) is 0 Å². The lowest BCUT2D eigenvalue weighted by molar-refractivity contribution is 0.146. The molecule has 0 radical (unpaired) electrons. The molecule has 15 aliphatic carbocycles. The Morgan fingerprint density at radius 1 is 0.571 bits per heavy atom. The second kappa shape index (κ2) is 5.53. The maximum Gasteiger partial charge on any atom is 0.0247 e. The van der Waals surface area contributed by atoms with Gasteiger partial charge in [-0.15, -0.1) is 5.73 Å². The van der Waals surface area contributed by atoms with Crippen molar-refractivity contribution in [3.05, 3.63) is 89.8 Å². The Balaban J connectivity index is 1.19. The molecule has 15 aliphatic rings. The zero-order valence-corrected chi connectivity index (χ0v) is 24.3. The van der Waals surface area contributed by atoms with Crippen molar-refractivity contribution in [3.8, 4) is 0 Å². The van der Waals surface area contributed by atoms with Gasteiger partial charge in [-0.1, -0.05) is 5.57 Å². The predicted octanol–water partition coefficient (Wildman–Crippen LogP) is 9.10. The van der Waals surface area contributed by atoms with Crippen LogP contribution in [0, 0.1) is 59.2 Å². The van der Waals surface area contributed by atoms with Gasteiger partial charge in [0, 0.05) is 29.2 Å². The third-order valence-corrected chi connectivity index (χ3v) is 18.0. The zero-order chi connectivity index (χ0) is 25.8. The normalized spacial score (nSPS) is 55.1. The van der Waals surface area contributed by atoms with Crippen molar-refractivity contribution < 1.29 is 0 Å². The van der Waals surface area contributed by atoms with E-state index >= 15 is 0 Å². The van der Waals surface area contributed by atoms with Gasteiger partial charge in [0.15, 0.2) is 0 Å². The maximum absolute atomic E-state index is 4.29. The fourth-order valence-corrected chi connectivity index (χ4v) is 17.9. The first kappa shape index (κ1) is 19.9. The van der Waals surface area contributed by atoms with E-state index in [2.05, 4.69) is 22.9 Å². The van der Waals surface area contributed by atoms with Crippen molar-refractivity contribution in [2.24, 2.45) is 59.2 Å². The number of hydrogen-bond acceptors (Lipinski definition) is 0. The monoisotopic (exact) mass is 540 g/mol. The van der Waals surface area contributed by atoms with Crippen LogP contribution in [-0.2, 0) is 0 Å². The Bertz CT molecular complexity index is 2030. The summed E-state index contributed by atoms with van der Waals surface area (Å²) < 4.78 is 0. The van der Waals surface area contributed by atoms with Crippen molar-refractivity contribution in [2.75, 3.05) is 0 Å². The first-order valence-corrected chi connectivity index (χ1v) is 18.5. The fourth-order valence-electron chi connectivity index (χ4n) is 17.9. The highest BCUT2D eigenvalue weighted by atomic mass is 14.7. The molecule has 0 nitrogen and oxygen atoms in total. The second-order valence-corrected chi connectivity index (χ2v) is 18.4. The smallest absolute Gasteiger partial charge is 0.0247 e. The molecule has 0 bridgehead atoms. The SMILES string of the molecule is C1=C2C=C3CC4CC5CC6CC7CC8CCC9CC%10CCC=1C1C%11C%12=C%13C(=C3C2%11)C4=C5C2C%13c3c%12c(c9c8c3C7C62)C%101. The third kappa shape index (κ3) is 1.57. The molecule has 0 aromatic heterocycles. The summed E-state index contributed by atoms with van der Waals surface area (Å²) in [7, 11) is 0. The molecule has 3 fully saturated rings. The highest BCUT2D eigenvalue weighted by Gasteiger charge is 2.71. The van der Waals surface area contributed by atoms with E-state index in [4.69, 9.17) is 0 Å². The van der Waals surface area contributed by atoms with Gasteiger partial charge in [0.1, 0.15) is 0 Å².